The van der Waals surface area contributed by atoms with E-state index in [1.807, 2.05) is 4.90 Å². The number of aromatic nitrogens is 2. The lowest BCUT2D eigenvalue weighted by atomic mass is 10.0. The number of nitrogens with one attached hydrogen (secondary N) is 1. The van der Waals surface area contributed by atoms with Crippen molar-refractivity contribution in [1.82, 2.24) is 25.1 Å². The third kappa shape index (κ3) is 3.77. The fraction of sp³-hybridized carbons (Fsp3) is 0.647. The highest BCUT2D eigenvalue weighted by molar-refractivity contribution is 6.30. The quantitative estimate of drug-likeness (QED) is 0.812. The van der Waals surface area contributed by atoms with Crippen molar-refractivity contribution in [2.24, 2.45) is 5.92 Å². The molecule has 0 radical (unpaired) electrons. The fourth-order valence-electron chi connectivity index (χ4n) is 3.77. The first kappa shape index (κ1) is 18.1. The van der Waals surface area contributed by atoms with Gasteiger partial charge in [0, 0.05) is 38.3 Å². The number of nitrogens with zero attached hydrogens (tertiary/aromatic N) is 4. The highest BCUT2D eigenvalue weighted by atomic mass is 35.5. The minimum atomic E-state index is -0.0788. The molecule has 1 aromatic rings. The van der Waals surface area contributed by atoms with Crippen LogP contribution < -0.4 is 5.32 Å². The highest BCUT2D eigenvalue weighted by Crippen LogP contribution is 2.25. The van der Waals surface area contributed by atoms with E-state index in [0.717, 1.165) is 32.4 Å². The van der Waals surface area contributed by atoms with Crippen molar-refractivity contribution in [2.45, 2.75) is 32.2 Å². The molecule has 0 saturated carbocycles. The molecule has 0 bridgehead atoms. The van der Waals surface area contributed by atoms with Crippen LogP contribution in [-0.4, -0.2) is 70.9 Å². The van der Waals surface area contributed by atoms with E-state index in [1.165, 1.54) is 6.33 Å². The summed E-state index contributed by atoms with van der Waals surface area (Å²) in [5.74, 6) is 0.145. The van der Waals surface area contributed by atoms with E-state index in [4.69, 9.17) is 11.6 Å². The van der Waals surface area contributed by atoms with Crippen LogP contribution in [0, 0.1) is 12.8 Å². The van der Waals surface area contributed by atoms with E-state index in [9.17, 15) is 9.59 Å². The molecule has 0 spiro atoms. The van der Waals surface area contributed by atoms with Crippen molar-refractivity contribution in [2.75, 3.05) is 33.2 Å². The molecule has 2 saturated heterocycles. The molecule has 25 heavy (non-hydrogen) atoms. The van der Waals surface area contributed by atoms with Gasteiger partial charge >= 0.3 is 0 Å². The number of piperidine rings is 1. The minimum Gasteiger partial charge on any atom is -0.359 e. The number of hydrogen-bond acceptors (Lipinski definition) is 5. The van der Waals surface area contributed by atoms with Gasteiger partial charge in [-0.1, -0.05) is 11.6 Å². The Hall–Kier alpha value is -1.73. The Kier molecular flexibility index (Phi) is 5.54. The van der Waals surface area contributed by atoms with Crippen molar-refractivity contribution >= 4 is 23.4 Å². The summed E-state index contributed by atoms with van der Waals surface area (Å²) in [5.41, 5.74) is 1.02. The van der Waals surface area contributed by atoms with Crippen LogP contribution in [0.5, 0.6) is 0 Å². The van der Waals surface area contributed by atoms with E-state index < -0.39 is 0 Å². The Balaban J connectivity index is 1.56. The average molecular weight is 366 g/mol. The number of likely N-dealkylation sites (tertiary alicyclic amines) is 2. The summed E-state index contributed by atoms with van der Waals surface area (Å²) in [5, 5.41) is 3.06. The topological polar surface area (TPSA) is 78.4 Å². The van der Waals surface area contributed by atoms with Crippen LogP contribution in [0.25, 0.3) is 0 Å². The maximum Gasteiger partial charge on any atom is 0.272 e. The Labute approximate surface area is 152 Å². The molecule has 1 atom stereocenters. The van der Waals surface area contributed by atoms with Crippen LogP contribution in [0.15, 0.2) is 6.33 Å². The van der Waals surface area contributed by atoms with Gasteiger partial charge in [-0.25, -0.2) is 9.97 Å². The van der Waals surface area contributed by atoms with Crippen molar-refractivity contribution < 1.29 is 9.59 Å². The Morgan fingerprint density at radius 2 is 1.92 bits per heavy atom. The van der Waals surface area contributed by atoms with E-state index in [2.05, 4.69) is 20.2 Å². The van der Waals surface area contributed by atoms with E-state index in [-0.39, 0.29) is 17.7 Å². The lowest BCUT2D eigenvalue weighted by Crippen LogP contribution is -2.46. The summed E-state index contributed by atoms with van der Waals surface area (Å²) >= 11 is 6.00. The van der Waals surface area contributed by atoms with Crippen LogP contribution in [0.4, 0.5) is 0 Å². The molecular weight excluding hydrogens is 342 g/mol. The van der Waals surface area contributed by atoms with E-state index in [0.29, 0.717) is 35.5 Å². The normalized spacial score (nSPS) is 22.2. The first-order valence-electron chi connectivity index (χ1n) is 8.73. The first-order valence-corrected chi connectivity index (χ1v) is 9.11. The molecule has 8 heteroatoms. The zero-order valence-corrected chi connectivity index (χ0v) is 15.4. The number of hydrogen-bond donors (Lipinski definition) is 1. The fourth-order valence-corrected chi connectivity index (χ4v) is 3.90. The molecule has 7 nitrogen and oxygen atoms in total. The average Bonchev–Trinajstić information content (AvgIpc) is 3.13. The second-order valence-electron chi connectivity index (χ2n) is 6.76. The number of carbonyl (C=O) groups excluding carboxylic acids is 2. The molecular formula is C17H24ClN5O2. The van der Waals surface area contributed by atoms with Gasteiger partial charge in [-0.15, -0.1) is 0 Å². The molecule has 2 aliphatic rings. The molecule has 2 aliphatic heterocycles. The molecule has 2 amide bonds. The van der Waals surface area contributed by atoms with Crippen LogP contribution in [0.3, 0.4) is 0 Å². The summed E-state index contributed by atoms with van der Waals surface area (Å²) < 4.78 is 0. The predicted octanol–water partition coefficient (Wildman–Crippen LogP) is 1.11. The Morgan fingerprint density at radius 3 is 2.60 bits per heavy atom. The van der Waals surface area contributed by atoms with Gasteiger partial charge in [-0.3, -0.25) is 14.5 Å². The number of carbonyl (C=O) groups is 2. The first-order chi connectivity index (χ1) is 12.0. The van der Waals surface area contributed by atoms with Gasteiger partial charge in [0.25, 0.3) is 5.91 Å². The summed E-state index contributed by atoms with van der Waals surface area (Å²) in [6.45, 7) is 4.94. The predicted molar refractivity (Wildman–Crippen MR) is 94.5 cm³/mol. The van der Waals surface area contributed by atoms with Gasteiger partial charge in [-0.2, -0.15) is 0 Å². The highest BCUT2D eigenvalue weighted by Gasteiger charge is 2.34. The van der Waals surface area contributed by atoms with Gasteiger partial charge in [0.15, 0.2) is 0 Å². The van der Waals surface area contributed by atoms with Gasteiger partial charge in [0.05, 0.1) is 5.92 Å². The van der Waals surface area contributed by atoms with E-state index in [1.54, 1.807) is 14.0 Å². The lowest BCUT2D eigenvalue weighted by molar-refractivity contribution is -0.124. The Bertz CT molecular complexity index is 660. The molecule has 0 aliphatic carbocycles. The van der Waals surface area contributed by atoms with Crippen molar-refractivity contribution in [1.29, 1.82) is 0 Å². The zero-order valence-electron chi connectivity index (χ0n) is 14.7. The van der Waals surface area contributed by atoms with E-state index >= 15 is 0 Å². The van der Waals surface area contributed by atoms with Crippen LogP contribution in [0.1, 0.15) is 35.3 Å². The van der Waals surface area contributed by atoms with Gasteiger partial charge in [0.2, 0.25) is 5.91 Å². The standard InChI is InChI=1S/C17H24ClN5O2/c1-11-14(20-10-21-15(11)18)17(25)22-7-4-13(5-8-22)23-6-3-12(9-23)16(24)19-2/h10,12-13H,3-9H2,1-2H3,(H,19,24)/t12-/m1/s1. The monoisotopic (exact) mass is 365 g/mol. The van der Waals surface area contributed by atoms with Crippen LogP contribution >= 0.6 is 11.6 Å². The summed E-state index contributed by atoms with van der Waals surface area (Å²) in [7, 11) is 1.69. The third-order valence-corrected chi connectivity index (χ3v) is 5.71. The minimum absolute atomic E-state index is 0.0788. The molecule has 3 heterocycles. The summed E-state index contributed by atoms with van der Waals surface area (Å²) in [4.78, 5) is 36.7. The maximum absolute atomic E-state index is 12.7. The second-order valence-corrected chi connectivity index (χ2v) is 7.11. The maximum atomic E-state index is 12.7. The molecule has 0 aromatic carbocycles. The molecule has 3 rings (SSSR count). The largest absolute Gasteiger partial charge is 0.359 e. The van der Waals surface area contributed by atoms with Crippen molar-refractivity contribution in [3.8, 4) is 0 Å². The SMILES string of the molecule is CNC(=O)[C@@H]1CCN(C2CCN(C(=O)c3ncnc(Cl)c3C)CC2)C1. The van der Waals surface area contributed by atoms with Crippen molar-refractivity contribution in [3.05, 3.63) is 22.7 Å². The van der Waals surface area contributed by atoms with Crippen LogP contribution in [-0.2, 0) is 4.79 Å². The molecule has 1 aromatic heterocycles. The van der Waals surface area contributed by atoms with Crippen LogP contribution in [0.2, 0.25) is 5.15 Å². The Morgan fingerprint density at radius 1 is 1.20 bits per heavy atom. The van der Waals surface area contributed by atoms with Crippen molar-refractivity contribution in [3.63, 3.8) is 0 Å². The number of amides is 2. The number of halogens is 1. The number of rotatable bonds is 3. The molecule has 2 fully saturated rings. The van der Waals surface area contributed by atoms with Gasteiger partial charge in [0.1, 0.15) is 17.2 Å². The summed E-state index contributed by atoms with van der Waals surface area (Å²) in [6, 6.07) is 0.439. The molecule has 0 unspecified atom stereocenters. The molecule has 136 valence electrons. The second kappa shape index (κ2) is 7.66. The smallest absolute Gasteiger partial charge is 0.272 e. The van der Waals surface area contributed by atoms with Gasteiger partial charge < -0.3 is 10.2 Å². The van der Waals surface area contributed by atoms with Gasteiger partial charge in [-0.05, 0) is 32.7 Å². The zero-order chi connectivity index (χ0) is 18.0. The molecule has 1 N–H and O–H groups in total. The lowest BCUT2D eigenvalue weighted by Gasteiger charge is -2.36. The third-order valence-electron chi connectivity index (χ3n) is 5.33. The summed E-state index contributed by atoms with van der Waals surface area (Å²) in [6.07, 6.45) is 4.09.